The van der Waals surface area contributed by atoms with Crippen molar-refractivity contribution in [2.45, 2.75) is 56.5 Å². The number of hydrogen-bond donors (Lipinski definition) is 2. The van der Waals surface area contributed by atoms with Gasteiger partial charge in [-0.15, -0.1) is 0 Å². The highest BCUT2D eigenvalue weighted by Gasteiger charge is 2.34. The van der Waals surface area contributed by atoms with Crippen LogP contribution in [0.15, 0.2) is 89.7 Å². The standard InChI is InChI=1S/C44H47ClF2N6O6S/c1-43(2)11-9-31(37(24-43)29-3-5-32(45)6-4-29)27-52-15-17-53(18-16-52)33-7-8-36(39(22-33)59-34-21-30-10-14-48-40(30)49-25-34)41(54)51-60(55,56)35-23-38(46)42(50-26-35)58-28-44(47)12-19-57-20-13-44/h3-8,10,14,21-23,25-26H,9,11-13,15-20,24,27-28H2,1-2H3,(H,48,49)(H,51,54). The van der Waals surface area contributed by atoms with Crippen molar-refractivity contribution in [3.8, 4) is 17.4 Å². The molecule has 12 nitrogen and oxygen atoms in total. The first-order valence-electron chi connectivity index (χ1n) is 20.0. The molecule has 1 amide bonds. The molecule has 60 heavy (non-hydrogen) atoms. The Bertz CT molecular complexity index is 2520. The second kappa shape index (κ2) is 17.1. The van der Waals surface area contributed by atoms with Gasteiger partial charge in [-0.1, -0.05) is 43.2 Å². The van der Waals surface area contributed by atoms with E-state index in [1.807, 2.05) is 22.9 Å². The highest BCUT2D eigenvalue weighted by Crippen LogP contribution is 2.43. The van der Waals surface area contributed by atoms with Crippen LogP contribution >= 0.6 is 11.6 Å². The summed E-state index contributed by atoms with van der Waals surface area (Å²) in [5.74, 6) is -2.25. The van der Waals surface area contributed by atoms with Gasteiger partial charge in [-0.25, -0.2) is 31.9 Å². The van der Waals surface area contributed by atoms with Crippen LogP contribution in [0.2, 0.25) is 5.02 Å². The molecule has 316 valence electrons. The van der Waals surface area contributed by atoms with Crippen LogP contribution in [0.4, 0.5) is 14.5 Å². The maximum absolute atomic E-state index is 15.1. The monoisotopic (exact) mass is 860 g/mol. The Morgan fingerprint density at radius 2 is 1.75 bits per heavy atom. The molecule has 2 fully saturated rings. The van der Waals surface area contributed by atoms with Crippen molar-refractivity contribution in [3.05, 3.63) is 107 Å². The van der Waals surface area contributed by atoms with E-state index in [2.05, 4.69) is 50.7 Å². The number of ether oxygens (including phenoxy) is 3. The van der Waals surface area contributed by atoms with Crippen molar-refractivity contribution in [2.75, 3.05) is 57.4 Å². The van der Waals surface area contributed by atoms with E-state index >= 15 is 4.39 Å². The maximum atomic E-state index is 15.1. The van der Waals surface area contributed by atoms with Gasteiger partial charge in [-0.2, -0.15) is 0 Å². The van der Waals surface area contributed by atoms with Crippen LogP contribution in [0, 0.1) is 11.2 Å². The SMILES string of the molecule is CC1(C)CCC(CN2CCN(c3ccc(C(=O)NS(=O)(=O)c4cnc(OCC5(F)CCOCC5)c(F)c4)c(Oc4cnc5[nH]ccc5c4)c3)CC2)=C(c2ccc(Cl)cc2)C1. The molecule has 8 rings (SSSR count). The zero-order chi connectivity index (χ0) is 42.1. The number of rotatable bonds is 12. The molecule has 3 aromatic heterocycles. The predicted octanol–water partition coefficient (Wildman–Crippen LogP) is 8.34. The van der Waals surface area contributed by atoms with E-state index in [9.17, 15) is 17.6 Å². The van der Waals surface area contributed by atoms with Gasteiger partial charge in [0.2, 0.25) is 0 Å². The number of fused-ring (bicyclic) bond motifs is 1. The fraction of sp³-hybridized carbons (Fsp3) is 0.386. The molecule has 0 spiro atoms. The molecule has 0 unspecified atom stereocenters. The third kappa shape index (κ3) is 9.59. The number of nitrogens with one attached hydrogen (secondary N) is 2. The van der Waals surface area contributed by atoms with Gasteiger partial charge in [0.1, 0.15) is 34.3 Å². The van der Waals surface area contributed by atoms with Crippen molar-refractivity contribution >= 4 is 49.8 Å². The topological polar surface area (TPSA) is 139 Å². The van der Waals surface area contributed by atoms with Gasteiger partial charge >= 0.3 is 0 Å². The summed E-state index contributed by atoms with van der Waals surface area (Å²) in [4.78, 5) is 29.0. The van der Waals surface area contributed by atoms with Gasteiger partial charge in [0.05, 0.1) is 18.0 Å². The maximum Gasteiger partial charge on any atom is 0.268 e. The Kier molecular flexibility index (Phi) is 11.9. The number of H-pyrrole nitrogens is 1. The fourth-order valence-electron chi connectivity index (χ4n) is 7.96. The van der Waals surface area contributed by atoms with Crippen LogP contribution < -0.4 is 19.1 Å². The molecule has 2 aromatic carbocycles. The minimum absolute atomic E-state index is 0.0740. The van der Waals surface area contributed by atoms with Crippen LogP contribution in [0.1, 0.15) is 61.9 Å². The summed E-state index contributed by atoms with van der Waals surface area (Å²) in [6.07, 6.45) is 7.44. The van der Waals surface area contributed by atoms with Crippen molar-refractivity contribution in [3.63, 3.8) is 0 Å². The zero-order valence-corrected chi connectivity index (χ0v) is 35.1. The van der Waals surface area contributed by atoms with Gasteiger partial charge in [-0.3, -0.25) is 9.69 Å². The van der Waals surface area contributed by atoms with Crippen LogP contribution in [0.25, 0.3) is 16.6 Å². The van der Waals surface area contributed by atoms with E-state index in [-0.39, 0.29) is 42.8 Å². The average Bonchev–Trinajstić information content (AvgIpc) is 3.70. The number of pyridine rings is 2. The number of carbonyl (C=O) groups excluding carboxylic acids is 1. The van der Waals surface area contributed by atoms with Crippen LogP contribution in [0.3, 0.4) is 0 Å². The normalized spacial score (nSPS) is 18.4. The average molecular weight is 861 g/mol. The van der Waals surface area contributed by atoms with E-state index in [0.29, 0.717) is 30.6 Å². The minimum Gasteiger partial charge on any atom is -0.472 e. The Morgan fingerprint density at radius 3 is 2.50 bits per heavy atom. The van der Waals surface area contributed by atoms with Crippen LogP contribution in [-0.2, 0) is 14.8 Å². The largest absolute Gasteiger partial charge is 0.472 e. The summed E-state index contributed by atoms with van der Waals surface area (Å²) < 4.78 is 75.6. The van der Waals surface area contributed by atoms with Crippen molar-refractivity contribution in [1.82, 2.24) is 24.6 Å². The van der Waals surface area contributed by atoms with Gasteiger partial charge in [-0.05, 0) is 72.2 Å². The highest BCUT2D eigenvalue weighted by atomic mass is 35.5. The molecule has 0 radical (unpaired) electrons. The third-order valence-electron chi connectivity index (χ3n) is 11.5. The van der Waals surface area contributed by atoms with E-state index in [0.717, 1.165) is 61.2 Å². The minimum atomic E-state index is -4.63. The molecule has 2 saturated heterocycles. The Hall–Kier alpha value is -5.09. The molecule has 2 N–H and O–H groups in total. The smallest absolute Gasteiger partial charge is 0.268 e. The Balaban J connectivity index is 0.987. The molecular formula is C44H47ClF2N6O6S. The number of anilines is 1. The molecule has 16 heteroatoms. The van der Waals surface area contributed by atoms with E-state index in [1.165, 1.54) is 29.0 Å². The number of amides is 1. The van der Waals surface area contributed by atoms with Crippen molar-refractivity contribution in [2.24, 2.45) is 5.41 Å². The number of aromatic nitrogens is 3. The molecule has 2 aliphatic heterocycles. The van der Waals surface area contributed by atoms with Gasteiger partial charge < -0.3 is 24.1 Å². The number of aromatic amines is 1. The van der Waals surface area contributed by atoms with Crippen LogP contribution in [0.5, 0.6) is 17.4 Å². The number of nitrogens with zero attached hydrogens (tertiary/aromatic N) is 4. The van der Waals surface area contributed by atoms with E-state index < -0.39 is 44.8 Å². The van der Waals surface area contributed by atoms with E-state index in [4.69, 9.17) is 25.8 Å². The first-order valence-corrected chi connectivity index (χ1v) is 21.9. The lowest BCUT2D eigenvalue weighted by molar-refractivity contribution is -0.0337. The number of allylic oxidation sites excluding steroid dienone is 1. The Morgan fingerprint density at radius 1 is 0.983 bits per heavy atom. The third-order valence-corrected chi connectivity index (χ3v) is 13.1. The number of sulfonamides is 1. The first kappa shape index (κ1) is 41.6. The highest BCUT2D eigenvalue weighted by molar-refractivity contribution is 7.90. The number of piperazine rings is 1. The Labute approximate surface area is 352 Å². The van der Waals surface area contributed by atoms with Gasteiger partial charge in [0.25, 0.3) is 21.8 Å². The van der Waals surface area contributed by atoms with Crippen molar-refractivity contribution in [1.29, 1.82) is 0 Å². The van der Waals surface area contributed by atoms with E-state index in [1.54, 1.807) is 24.4 Å². The zero-order valence-electron chi connectivity index (χ0n) is 33.5. The molecule has 0 bridgehead atoms. The molecular weight excluding hydrogens is 814 g/mol. The number of alkyl halides is 1. The second-order valence-corrected chi connectivity index (χ2v) is 18.6. The molecule has 5 aromatic rings. The summed E-state index contributed by atoms with van der Waals surface area (Å²) >= 11 is 6.23. The molecule has 5 heterocycles. The molecule has 1 aliphatic carbocycles. The summed E-state index contributed by atoms with van der Waals surface area (Å²) in [5.41, 5.74) is 3.95. The lowest BCUT2D eigenvalue weighted by atomic mass is 9.72. The molecule has 0 atom stereocenters. The van der Waals surface area contributed by atoms with Crippen molar-refractivity contribution < 1.29 is 36.2 Å². The van der Waals surface area contributed by atoms with Gasteiger partial charge in [0, 0.05) is 93.2 Å². The number of carbonyl (C=O) groups is 1. The number of hydrogen-bond acceptors (Lipinski definition) is 10. The lowest BCUT2D eigenvalue weighted by Crippen LogP contribution is -2.47. The molecule has 0 saturated carbocycles. The lowest BCUT2D eigenvalue weighted by Gasteiger charge is -2.39. The predicted molar refractivity (Wildman–Crippen MR) is 226 cm³/mol. The second-order valence-electron chi connectivity index (χ2n) is 16.5. The van der Waals surface area contributed by atoms with Crippen LogP contribution in [-0.4, -0.2) is 92.4 Å². The van der Waals surface area contributed by atoms with Gasteiger partial charge in [0.15, 0.2) is 5.82 Å². The quantitative estimate of drug-likeness (QED) is 0.126. The first-order chi connectivity index (χ1) is 28.7. The molecule has 3 aliphatic rings. The number of halogens is 3. The summed E-state index contributed by atoms with van der Waals surface area (Å²) in [7, 11) is -4.63. The summed E-state index contributed by atoms with van der Waals surface area (Å²) in [6.45, 7) is 8.53. The number of benzene rings is 2. The summed E-state index contributed by atoms with van der Waals surface area (Å²) in [6, 6.07) is 17.4. The fourth-order valence-corrected chi connectivity index (χ4v) is 9.00. The summed E-state index contributed by atoms with van der Waals surface area (Å²) in [5, 5.41) is 1.50.